The van der Waals surface area contributed by atoms with Crippen LogP contribution in [0.2, 0.25) is 0 Å². The Morgan fingerprint density at radius 2 is 1.41 bits per heavy atom. The summed E-state index contributed by atoms with van der Waals surface area (Å²) in [4.78, 5) is 2.61. The van der Waals surface area contributed by atoms with Gasteiger partial charge >= 0.3 is 0 Å². The third-order valence-electron chi connectivity index (χ3n) is 4.40. The van der Waals surface area contributed by atoms with Gasteiger partial charge < -0.3 is 0 Å². The first kappa shape index (κ1) is 17.0. The lowest BCUT2D eigenvalue weighted by molar-refractivity contribution is 0.118. The van der Waals surface area contributed by atoms with Gasteiger partial charge in [0.25, 0.3) is 0 Å². The third-order valence-corrected chi connectivity index (χ3v) is 4.40. The summed E-state index contributed by atoms with van der Waals surface area (Å²) in [7, 11) is 0. The van der Waals surface area contributed by atoms with Crippen LogP contribution in [-0.4, -0.2) is 23.5 Å². The lowest BCUT2D eigenvalue weighted by Crippen LogP contribution is -2.40. The molecule has 0 rings (SSSR count). The van der Waals surface area contributed by atoms with Crippen molar-refractivity contribution in [2.24, 2.45) is 11.3 Å². The fourth-order valence-corrected chi connectivity index (χ4v) is 2.60. The van der Waals surface area contributed by atoms with Crippen LogP contribution < -0.4 is 0 Å². The van der Waals surface area contributed by atoms with Crippen LogP contribution in [0.5, 0.6) is 0 Å². The highest BCUT2D eigenvalue weighted by Crippen LogP contribution is 2.34. The fourth-order valence-electron chi connectivity index (χ4n) is 2.60. The Kier molecular flexibility index (Phi) is 7.39. The van der Waals surface area contributed by atoms with Crippen molar-refractivity contribution in [1.29, 1.82) is 0 Å². The first-order valence-corrected chi connectivity index (χ1v) is 7.48. The summed E-state index contributed by atoms with van der Waals surface area (Å²) in [5.41, 5.74) is 0.470. The molecule has 1 heteroatoms. The van der Waals surface area contributed by atoms with Gasteiger partial charge in [-0.1, -0.05) is 40.5 Å². The summed E-state index contributed by atoms with van der Waals surface area (Å²) in [6, 6.07) is 1.32. The molecule has 0 spiro atoms. The van der Waals surface area contributed by atoms with Gasteiger partial charge in [0, 0.05) is 12.1 Å². The molecule has 0 saturated carbocycles. The lowest BCUT2D eigenvalue weighted by atomic mass is 9.75. The summed E-state index contributed by atoms with van der Waals surface area (Å²) in [5, 5.41) is 0. The maximum Gasteiger partial charge on any atom is 0.00412 e. The lowest BCUT2D eigenvalue weighted by Gasteiger charge is -2.37. The maximum absolute atomic E-state index is 2.61. The quantitative estimate of drug-likeness (QED) is 0.544. The molecule has 0 aromatic carbocycles. The van der Waals surface area contributed by atoms with E-state index in [2.05, 4.69) is 60.3 Å². The molecule has 0 saturated heterocycles. The van der Waals surface area contributed by atoms with E-state index in [1.54, 1.807) is 0 Å². The van der Waals surface area contributed by atoms with Crippen molar-refractivity contribution in [3.63, 3.8) is 0 Å². The minimum Gasteiger partial charge on any atom is -0.299 e. The van der Waals surface area contributed by atoms with Crippen LogP contribution in [0.1, 0.15) is 74.7 Å². The zero-order valence-electron chi connectivity index (χ0n) is 13.5. The average Bonchev–Trinajstić information content (AvgIpc) is 2.16. The smallest absolute Gasteiger partial charge is 0.00412 e. The minimum absolute atomic E-state index is 0.470. The molecule has 0 aromatic heterocycles. The van der Waals surface area contributed by atoms with Crippen molar-refractivity contribution >= 4 is 0 Å². The predicted molar refractivity (Wildman–Crippen MR) is 79.4 cm³/mol. The zero-order chi connectivity index (χ0) is 13.6. The van der Waals surface area contributed by atoms with Crippen LogP contribution in [0.25, 0.3) is 0 Å². The Morgan fingerprint density at radius 1 is 0.941 bits per heavy atom. The van der Waals surface area contributed by atoms with Crippen molar-refractivity contribution in [3.8, 4) is 0 Å². The second-order valence-electron chi connectivity index (χ2n) is 6.85. The highest BCUT2D eigenvalue weighted by molar-refractivity contribution is 4.78. The summed E-state index contributed by atoms with van der Waals surface area (Å²) in [6.07, 6.45) is 3.98. The van der Waals surface area contributed by atoms with Crippen molar-refractivity contribution in [3.05, 3.63) is 0 Å². The van der Waals surface area contributed by atoms with E-state index in [9.17, 15) is 0 Å². The predicted octanol–water partition coefficient (Wildman–Crippen LogP) is 4.96. The van der Waals surface area contributed by atoms with E-state index in [4.69, 9.17) is 0 Å². The Labute approximate surface area is 110 Å². The van der Waals surface area contributed by atoms with Gasteiger partial charge in [0.15, 0.2) is 0 Å². The average molecular weight is 242 g/mol. The molecular weight excluding hydrogens is 207 g/mol. The Bertz CT molecular complexity index is 186. The topological polar surface area (TPSA) is 3.24 Å². The minimum atomic E-state index is 0.470. The van der Waals surface area contributed by atoms with Crippen LogP contribution in [0.15, 0.2) is 0 Å². The first-order valence-electron chi connectivity index (χ1n) is 7.48. The Balaban J connectivity index is 4.32. The number of nitrogens with zero attached hydrogens (tertiary/aromatic N) is 1. The SMILES string of the molecule is CCCC(C)C(C)(C)CC[15N](C(C)C)C(C)C. The molecule has 104 valence electrons. The molecular formula is C16H35N. The normalized spacial score (nSPS) is 15.0. The molecule has 1 nitrogen and oxygen atoms in total. The van der Waals surface area contributed by atoms with Crippen LogP contribution in [0, 0.1) is 11.3 Å². The molecule has 0 radical (unpaired) electrons. The number of hydrogen-bond acceptors (Lipinski definition) is 1. The van der Waals surface area contributed by atoms with Gasteiger partial charge in [0.1, 0.15) is 0 Å². The molecule has 0 aromatic rings. The molecule has 0 N–H and O–H groups in total. The van der Waals surface area contributed by atoms with E-state index in [0.717, 1.165) is 5.92 Å². The van der Waals surface area contributed by atoms with Crippen LogP contribution in [0.4, 0.5) is 0 Å². The largest absolute Gasteiger partial charge is 0.299 e. The molecule has 17 heavy (non-hydrogen) atoms. The second kappa shape index (κ2) is 7.41. The number of rotatable bonds is 8. The molecule has 0 amide bonds. The van der Waals surface area contributed by atoms with E-state index < -0.39 is 0 Å². The van der Waals surface area contributed by atoms with Crippen LogP contribution in [-0.2, 0) is 0 Å². The maximum atomic E-state index is 2.61. The monoisotopic (exact) mass is 242 g/mol. The van der Waals surface area contributed by atoms with E-state index in [0.29, 0.717) is 17.5 Å². The molecule has 0 heterocycles. The molecule has 0 aliphatic heterocycles. The van der Waals surface area contributed by atoms with Crippen molar-refractivity contribution in [1.82, 2.24) is 4.90 Å². The molecule has 1 unspecified atom stereocenters. The molecule has 0 aliphatic rings. The van der Waals surface area contributed by atoms with E-state index in [-0.39, 0.29) is 0 Å². The van der Waals surface area contributed by atoms with Gasteiger partial charge in [-0.15, -0.1) is 0 Å². The Morgan fingerprint density at radius 3 is 1.76 bits per heavy atom. The van der Waals surface area contributed by atoms with Crippen molar-refractivity contribution in [2.75, 3.05) is 6.54 Å². The molecule has 0 fully saturated rings. The van der Waals surface area contributed by atoms with Crippen molar-refractivity contribution in [2.45, 2.75) is 86.7 Å². The van der Waals surface area contributed by atoms with Gasteiger partial charge in [0.05, 0.1) is 0 Å². The summed E-state index contributed by atoms with van der Waals surface area (Å²) < 4.78 is 0. The standard InChI is InChI=1S/C16H35N/c1-9-10-15(6)16(7,8)11-12-17(13(2)3)14(4)5/h13-15H,9-12H2,1-8H3/i17+1. The van der Waals surface area contributed by atoms with Crippen molar-refractivity contribution < 1.29 is 0 Å². The van der Waals surface area contributed by atoms with Gasteiger partial charge in [-0.05, 0) is 52.0 Å². The summed E-state index contributed by atoms with van der Waals surface area (Å²) >= 11 is 0. The fraction of sp³-hybridized carbons (Fsp3) is 1.00. The summed E-state index contributed by atoms with van der Waals surface area (Å²) in [6.45, 7) is 20.0. The number of hydrogen-bond donors (Lipinski definition) is 0. The van der Waals surface area contributed by atoms with Crippen LogP contribution >= 0.6 is 0 Å². The van der Waals surface area contributed by atoms with Crippen LogP contribution in [0.3, 0.4) is 0 Å². The molecule has 0 aliphatic carbocycles. The highest BCUT2D eigenvalue weighted by Gasteiger charge is 2.26. The van der Waals surface area contributed by atoms with E-state index in [1.807, 2.05) is 0 Å². The molecule has 0 bridgehead atoms. The second-order valence-corrected chi connectivity index (χ2v) is 6.85. The van der Waals surface area contributed by atoms with Gasteiger partial charge in [-0.2, -0.15) is 0 Å². The third kappa shape index (κ3) is 5.90. The first-order chi connectivity index (χ1) is 7.72. The van der Waals surface area contributed by atoms with Gasteiger partial charge in [0.2, 0.25) is 0 Å². The van der Waals surface area contributed by atoms with Gasteiger partial charge in [-0.25, -0.2) is 0 Å². The van der Waals surface area contributed by atoms with E-state index in [1.165, 1.54) is 25.8 Å². The van der Waals surface area contributed by atoms with Gasteiger partial charge in [-0.3, -0.25) is 4.90 Å². The Hall–Kier alpha value is -0.0400. The summed E-state index contributed by atoms with van der Waals surface area (Å²) in [5.74, 6) is 0.827. The highest BCUT2D eigenvalue weighted by atomic mass is 15.9. The zero-order valence-corrected chi connectivity index (χ0v) is 13.5. The molecule has 1 atom stereocenters. The van der Waals surface area contributed by atoms with E-state index >= 15 is 0 Å².